The van der Waals surface area contributed by atoms with Crippen molar-refractivity contribution >= 4 is 5.97 Å². The lowest BCUT2D eigenvalue weighted by Gasteiger charge is -1.91. The first-order valence-corrected chi connectivity index (χ1v) is 9.06. The van der Waals surface area contributed by atoms with Gasteiger partial charge in [0.05, 0.1) is 12.2 Å². The van der Waals surface area contributed by atoms with E-state index >= 15 is 0 Å². The zero-order valence-electron chi connectivity index (χ0n) is 14.5. The van der Waals surface area contributed by atoms with Crippen LogP contribution in [-0.2, 0) is 9.53 Å². The first kappa shape index (κ1) is 19.7. The second-order valence-corrected chi connectivity index (χ2v) is 6.12. The minimum absolute atomic E-state index is 0.258. The Hall–Kier alpha value is -1.35. The van der Waals surface area contributed by atoms with Gasteiger partial charge in [-0.1, -0.05) is 56.2 Å². The minimum Gasteiger partial charge on any atom is -0.481 e. The van der Waals surface area contributed by atoms with Crippen LogP contribution in [0.4, 0.5) is 0 Å². The number of carboxylic acid groups (broad SMARTS) is 1. The number of allylic oxidation sites excluding steroid dienone is 4. The van der Waals surface area contributed by atoms with Crippen molar-refractivity contribution in [2.75, 3.05) is 0 Å². The van der Waals surface area contributed by atoms with Crippen LogP contribution in [-0.4, -0.2) is 23.3 Å². The summed E-state index contributed by atoms with van der Waals surface area (Å²) in [5.74, 6) is -0.715. The van der Waals surface area contributed by atoms with Gasteiger partial charge < -0.3 is 9.84 Å². The minimum atomic E-state index is -0.715. The Balaban J connectivity index is 1.92. The van der Waals surface area contributed by atoms with Crippen molar-refractivity contribution in [1.82, 2.24) is 0 Å². The lowest BCUT2D eigenvalue weighted by molar-refractivity contribution is -0.137. The molecule has 0 bridgehead atoms. The molecule has 1 aliphatic heterocycles. The summed E-state index contributed by atoms with van der Waals surface area (Å²) in [7, 11) is 0. The van der Waals surface area contributed by atoms with E-state index in [0.717, 1.165) is 32.1 Å². The van der Waals surface area contributed by atoms with Gasteiger partial charge >= 0.3 is 5.97 Å². The molecule has 0 aromatic carbocycles. The fraction of sp³-hybridized carbons (Fsp3) is 0.650. The predicted octanol–water partition coefficient (Wildman–Crippen LogP) is 5.43. The normalized spacial score (nSPS) is 20.9. The Labute approximate surface area is 141 Å². The highest BCUT2D eigenvalue weighted by Gasteiger charge is 2.35. The Morgan fingerprint density at radius 2 is 1.52 bits per heavy atom. The summed E-state index contributed by atoms with van der Waals surface area (Å²) >= 11 is 0. The van der Waals surface area contributed by atoms with Gasteiger partial charge in [-0.15, -0.1) is 0 Å². The van der Waals surface area contributed by atoms with Crippen LogP contribution in [0.25, 0.3) is 0 Å². The van der Waals surface area contributed by atoms with Crippen LogP contribution in [0.15, 0.2) is 36.5 Å². The molecule has 0 spiro atoms. The van der Waals surface area contributed by atoms with E-state index in [1.807, 2.05) is 0 Å². The lowest BCUT2D eigenvalue weighted by atomic mass is 10.1. The number of rotatable bonds is 14. The maximum absolute atomic E-state index is 10.3. The summed E-state index contributed by atoms with van der Waals surface area (Å²) in [6.45, 7) is 2.23. The van der Waals surface area contributed by atoms with Crippen LogP contribution in [0, 0.1) is 0 Å². The van der Waals surface area contributed by atoms with Gasteiger partial charge in [-0.2, -0.15) is 0 Å². The summed E-state index contributed by atoms with van der Waals surface area (Å²) < 4.78 is 5.65. The SMILES string of the molecule is CCCCC/C=C/CC1OC1C/C=C\C/C=C/CCCC(=O)O. The molecular weight excluding hydrogens is 288 g/mol. The van der Waals surface area contributed by atoms with Gasteiger partial charge in [-0.25, -0.2) is 0 Å². The molecule has 23 heavy (non-hydrogen) atoms. The molecule has 0 saturated carbocycles. The van der Waals surface area contributed by atoms with Gasteiger partial charge in [0.1, 0.15) is 0 Å². The van der Waals surface area contributed by atoms with Crippen LogP contribution in [0.5, 0.6) is 0 Å². The van der Waals surface area contributed by atoms with E-state index in [4.69, 9.17) is 9.84 Å². The smallest absolute Gasteiger partial charge is 0.303 e. The third-order valence-corrected chi connectivity index (χ3v) is 3.93. The molecule has 2 unspecified atom stereocenters. The largest absolute Gasteiger partial charge is 0.481 e. The quantitative estimate of drug-likeness (QED) is 0.264. The Morgan fingerprint density at radius 3 is 2.22 bits per heavy atom. The van der Waals surface area contributed by atoms with Gasteiger partial charge in [0.25, 0.3) is 0 Å². The molecular formula is C20H32O3. The van der Waals surface area contributed by atoms with E-state index < -0.39 is 5.97 Å². The molecule has 1 aliphatic rings. The molecule has 0 radical (unpaired) electrons. The number of ether oxygens (including phenoxy) is 1. The van der Waals surface area contributed by atoms with Crippen LogP contribution < -0.4 is 0 Å². The number of hydrogen-bond acceptors (Lipinski definition) is 2. The molecule has 2 atom stereocenters. The second kappa shape index (κ2) is 13.1. The second-order valence-electron chi connectivity index (χ2n) is 6.12. The molecule has 1 fully saturated rings. The Morgan fingerprint density at radius 1 is 0.913 bits per heavy atom. The maximum Gasteiger partial charge on any atom is 0.303 e. The Kier molecular flexibility index (Phi) is 11.2. The number of aliphatic carboxylic acids is 1. The number of unbranched alkanes of at least 4 members (excludes halogenated alkanes) is 4. The summed E-state index contributed by atoms with van der Waals surface area (Å²) in [6.07, 6.45) is 23.8. The van der Waals surface area contributed by atoms with Crippen molar-refractivity contribution in [3.05, 3.63) is 36.5 Å². The highest BCUT2D eigenvalue weighted by molar-refractivity contribution is 5.66. The average molecular weight is 320 g/mol. The monoisotopic (exact) mass is 320 g/mol. The van der Waals surface area contributed by atoms with Crippen molar-refractivity contribution in [1.29, 1.82) is 0 Å². The molecule has 0 aromatic rings. The van der Waals surface area contributed by atoms with E-state index in [9.17, 15) is 4.79 Å². The fourth-order valence-electron chi connectivity index (χ4n) is 2.44. The number of carboxylic acids is 1. The van der Waals surface area contributed by atoms with Crippen molar-refractivity contribution < 1.29 is 14.6 Å². The van der Waals surface area contributed by atoms with Gasteiger partial charge in [-0.3, -0.25) is 4.79 Å². The average Bonchev–Trinajstić information content (AvgIpc) is 3.27. The number of carbonyl (C=O) groups is 1. The highest BCUT2D eigenvalue weighted by Crippen LogP contribution is 2.29. The van der Waals surface area contributed by atoms with E-state index in [-0.39, 0.29) is 6.42 Å². The van der Waals surface area contributed by atoms with Gasteiger partial charge in [0.15, 0.2) is 0 Å². The molecule has 3 heteroatoms. The predicted molar refractivity (Wildman–Crippen MR) is 95.6 cm³/mol. The molecule has 3 nitrogen and oxygen atoms in total. The van der Waals surface area contributed by atoms with E-state index in [1.54, 1.807) is 0 Å². The fourth-order valence-corrected chi connectivity index (χ4v) is 2.44. The summed E-state index contributed by atoms with van der Waals surface area (Å²) in [6, 6.07) is 0. The Bertz CT molecular complexity index is 396. The molecule has 0 amide bonds. The van der Waals surface area contributed by atoms with Crippen LogP contribution in [0.2, 0.25) is 0 Å². The van der Waals surface area contributed by atoms with Crippen molar-refractivity contribution in [2.24, 2.45) is 0 Å². The molecule has 1 rings (SSSR count). The molecule has 1 heterocycles. The third-order valence-electron chi connectivity index (χ3n) is 3.93. The first-order valence-electron chi connectivity index (χ1n) is 9.06. The van der Waals surface area contributed by atoms with Crippen molar-refractivity contribution in [3.63, 3.8) is 0 Å². The highest BCUT2D eigenvalue weighted by atomic mass is 16.6. The topological polar surface area (TPSA) is 49.8 Å². The maximum atomic E-state index is 10.3. The number of hydrogen-bond donors (Lipinski definition) is 1. The first-order chi connectivity index (χ1) is 11.2. The summed E-state index contributed by atoms with van der Waals surface area (Å²) in [5, 5.41) is 8.52. The van der Waals surface area contributed by atoms with E-state index in [2.05, 4.69) is 43.4 Å². The molecule has 1 N–H and O–H groups in total. The van der Waals surface area contributed by atoms with Gasteiger partial charge in [-0.05, 0) is 44.9 Å². The van der Waals surface area contributed by atoms with Gasteiger partial charge in [0, 0.05) is 6.42 Å². The number of epoxide rings is 1. The van der Waals surface area contributed by atoms with E-state index in [1.165, 1.54) is 25.7 Å². The van der Waals surface area contributed by atoms with Crippen molar-refractivity contribution in [2.45, 2.75) is 83.3 Å². The third kappa shape index (κ3) is 11.8. The zero-order chi connectivity index (χ0) is 16.8. The summed E-state index contributed by atoms with van der Waals surface area (Å²) in [4.78, 5) is 10.3. The zero-order valence-corrected chi connectivity index (χ0v) is 14.5. The standard InChI is InChI=1S/C20H32O3/c1-2-3-4-5-9-12-15-18-19(23-18)16-13-10-7-6-8-11-14-17-20(21)22/h6,8-10,12-13,18-19H,2-5,7,11,14-17H2,1H3,(H,21,22)/b8-6+,12-9+,13-10-. The molecule has 130 valence electrons. The van der Waals surface area contributed by atoms with Crippen LogP contribution in [0.1, 0.15) is 71.1 Å². The van der Waals surface area contributed by atoms with E-state index in [0.29, 0.717) is 12.2 Å². The molecule has 0 aliphatic carbocycles. The van der Waals surface area contributed by atoms with Gasteiger partial charge in [0.2, 0.25) is 0 Å². The van der Waals surface area contributed by atoms with Crippen LogP contribution in [0.3, 0.4) is 0 Å². The molecule has 0 aromatic heterocycles. The van der Waals surface area contributed by atoms with Crippen molar-refractivity contribution in [3.8, 4) is 0 Å². The van der Waals surface area contributed by atoms with Crippen LogP contribution >= 0.6 is 0 Å². The lowest BCUT2D eigenvalue weighted by Crippen LogP contribution is -1.92. The molecule has 1 saturated heterocycles. The summed E-state index contributed by atoms with van der Waals surface area (Å²) in [5.41, 5.74) is 0.